The lowest BCUT2D eigenvalue weighted by Crippen LogP contribution is -2.37. The first-order valence-corrected chi connectivity index (χ1v) is 5.54. The Kier molecular flexibility index (Phi) is 4.05. The second-order valence-corrected chi connectivity index (χ2v) is 4.17. The third-order valence-corrected chi connectivity index (χ3v) is 2.58. The van der Waals surface area contributed by atoms with E-state index in [-0.39, 0.29) is 17.5 Å². The minimum atomic E-state index is -0.449. The predicted octanol–water partition coefficient (Wildman–Crippen LogP) is 3.00. The number of nitrogens with zero attached hydrogens (tertiary/aromatic N) is 1. The number of hydrogen-bond donors (Lipinski definition) is 0. The van der Waals surface area contributed by atoms with Gasteiger partial charge >= 0.3 is 0 Å². The average molecular weight is 223 g/mol. The molecule has 0 atom stereocenters. The van der Waals surface area contributed by atoms with Crippen LogP contribution in [-0.4, -0.2) is 23.4 Å². The molecule has 0 aliphatic carbocycles. The van der Waals surface area contributed by atoms with Gasteiger partial charge in [-0.05, 0) is 39.8 Å². The largest absolute Gasteiger partial charge is 0.336 e. The van der Waals surface area contributed by atoms with Crippen molar-refractivity contribution in [3.63, 3.8) is 0 Å². The molecule has 2 nitrogen and oxygen atoms in total. The zero-order valence-electron chi connectivity index (χ0n) is 10.2. The summed E-state index contributed by atoms with van der Waals surface area (Å²) in [6, 6.07) is 4.69. The molecule has 0 aliphatic rings. The molecular formula is C13H18FNO. The molecule has 16 heavy (non-hydrogen) atoms. The van der Waals surface area contributed by atoms with Gasteiger partial charge in [-0.25, -0.2) is 4.39 Å². The first kappa shape index (κ1) is 12.7. The number of aryl methyl sites for hydroxylation is 1. The van der Waals surface area contributed by atoms with Gasteiger partial charge in [-0.3, -0.25) is 4.79 Å². The molecule has 0 aromatic heterocycles. The fraction of sp³-hybridized carbons (Fsp3) is 0.462. The summed E-state index contributed by atoms with van der Waals surface area (Å²) in [5.41, 5.74) is 1.06. The van der Waals surface area contributed by atoms with E-state index >= 15 is 0 Å². The van der Waals surface area contributed by atoms with Crippen LogP contribution in [0.25, 0.3) is 0 Å². The molecule has 1 aromatic rings. The van der Waals surface area contributed by atoms with Crippen LogP contribution in [0.2, 0.25) is 0 Å². The lowest BCUT2D eigenvalue weighted by molar-refractivity contribution is 0.0712. The summed E-state index contributed by atoms with van der Waals surface area (Å²) in [5.74, 6) is -0.687. The van der Waals surface area contributed by atoms with Crippen molar-refractivity contribution < 1.29 is 9.18 Å². The number of carbonyl (C=O) groups excluding carboxylic acids is 1. The summed E-state index contributed by atoms with van der Waals surface area (Å²) in [7, 11) is 0. The minimum Gasteiger partial charge on any atom is -0.336 e. The Labute approximate surface area is 96.1 Å². The molecule has 0 radical (unpaired) electrons. The van der Waals surface area contributed by atoms with Crippen molar-refractivity contribution >= 4 is 5.91 Å². The Morgan fingerprint density at radius 3 is 2.56 bits per heavy atom. The number of carbonyl (C=O) groups is 1. The van der Waals surface area contributed by atoms with Crippen molar-refractivity contribution in [3.05, 3.63) is 35.1 Å². The molecule has 0 saturated heterocycles. The van der Waals surface area contributed by atoms with Crippen LogP contribution >= 0.6 is 0 Å². The normalized spacial score (nSPS) is 10.6. The summed E-state index contributed by atoms with van der Waals surface area (Å²) in [5, 5.41) is 0. The highest BCUT2D eigenvalue weighted by molar-refractivity contribution is 5.94. The van der Waals surface area contributed by atoms with Crippen molar-refractivity contribution in [3.8, 4) is 0 Å². The summed E-state index contributed by atoms with van der Waals surface area (Å²) in [4.78, 5) is 13.7. The molecule has 1 rings (SSSR count). The van der Waals surface area contributed by atoms with Gasteiger partial charge < -0.3 is 4.90 Å². The van der Waals surface area contributed by atoms with Gasteiger partial charge in [-0.1, -0.05) is 11.6 Å². The van der Waals surface area contributed by atoms with E-state index in [4.69, 9.17) is 0 Å². The van der Waals surface area contributed by atoms with Crippen LogP contribution in [0.1, 0.15) is 36.7 Å². The third kappa shape index (κ3) is 2.60. The number of hydrogen-bond acceptors (Lipinski definition) is 1. The van der Waals surface area contributed by atoms with Crippen molar-refractivity contribution in [1.29, 1.82) is 0 Å². The molecule has 0 heterocycles. The van der Waals surface area contributed by atoms with Gasteiger partial charge in [0.2, 0.25) is 0 Å². The highest BCUT2D eigenvalue weighted by Gasteiger charge is 2.20. The first-order valence-electron chi connectivity index (χ1n) is 5.54. The monoisotopic (exact) mass is 223 g/mol. The van der Waals surface area contributed by atoms with Gasteiger partial charge in [0, 0.05) is 12.6 Å². The Morgan fingerprint density at radius 2 is 2.06 bits per heavy atom. The molecule has 0 unspecified atom stereocenters. The quantitative estimate of drug-likeness (QED) is 0.771. The standard InChI is InChI=1S/C13H18FNO/c1-5-15(9(2)3)13(16)11-8-10(4)6-7-12(11)14/h6-9H,5H2,1-4H3. The Hall–Kier alpha value is -1.38. The molecule has 0 bridgehead atoms. The fourth-order valence-electron chi connectivity index (χ4n) is 1.70. The molecular weight excluding hydrogens is 205 g/mol. The number of benzene rings is 1. The second kappa shape index (κ2) is 5.10. The zero-order chi connectivity index (χ0) is 12.3. The van der Waals surface area contributed by atoms with E-state index in [1.807, 2.05) is 27.7 Å². The summed E-state index contributed by atoms with van der Waals surface area (Å²) >= 11 is 0. The van der Waals surface area contributed by atoms with Crippen LogP contribution in [0.4, 0.5) is 4.39 Å². The summed E-state index contributed by atoms with van der Waals surface area (Å²) in [6.45, 7) is 8.18. The van der Waals surface area contributed by atoms with Crippen LogP contribution in [0.15, 0.2) is 18.2 Å². The van der Waals surface area contributed by atoms with Crippen molar-refractivity contribution in [1.82, 2.24) is 4.90 Å². The van der Waals surface area contributed by atoms with Gasteiger partial charge in [0.1, 0.15) is 5.82 Å². The van der Waals surface area contributed by atoms with Crippen molar-refractivity contribution in [2.45, 2.75) is 33.7 Å². The van der Waals surface area contributed by atoms with Gasteiger partial charge in [-0.15, -0.1) is 0 Å². The lowest BCUT2D eigenvalue weighted by atomic mass is 10.1. The summed E-state index contributed by atoms with van der Waals surface area (Å²) in [6.07, 6.45) is 0. The smallest absolute Gasteiger partial charge is 0.257 e. The van der Waals surface area contributed by atoms with E-state index in [0.717, 1.165) is 5.56 Å². The zero-order valence-corrected chi connectivity index (χ0v) is 10.2. The van der Waals surface area contributed by atoms with Crippen LogP contribution in [-0.2, 0) is 0 Å². The molecule has 0 spiro atoms. The molecule has 0 fully saturated rings. The van der Waals surface area contributed by atoms with E-state index in [1.165, 1.54) is 6.07 Å². The van der Waals surface area contributed by atoms with E-state index in [9.17, 15) is 9.18 Å². The molecule has 3 heteroatoms. The molecule has 88 valence electrons. The number of rotatable bonds is 3. The Balaban J connectivity index is 3.08. The molecule has 0 N–H and O–H groups in total. The Morgan fingerprint density at radius 1 is 1.44 bits per heavy atom. The van der Waals surface area contributed by atoms with Crippen molar-refractivity contribution in [2.75, 3.05) is 6.54 Å². The van der Waals surface area contributed by atoms with Gasteiger partial charge in [0.25, 0.3) is 5.91 Å². The SMILES string of the molecule is CCN(C(=O)c1cc(C)ccc1F)C(C)C. The van der Waals surface area contributed by atoms with Gasteiger partial charge in [0.15, 0.2) is 0 Å². The fourth-order valence-corrected chi connectivity index (χ4v) is 1.70. The lowest BCUT2D eigenvalue weighted by Gasteiger charge is -2.25. The maximum atomic E-state index is 13.5. The van der Waals surface area contributed by atoms with E-state index < -0.39 is 5.82 Å². The highest BCUT2D eigenvalue weighted by atomic mass is 19.1. The Bertz CT molecular complexity index is 388. The molecule has 1 aromatic carbocycles. The average Bonchev–Trinajstić information content (AvgIpc) is 2.22. The molecule has 0 aliphatic heterocycles. The van der Waals surface area contributed by atoms with Crippen LogP contribution in [0, 0.1) is 12.7 Å². The number of amides is 1. The second-order valence-electron chi connectivity index (χ2n) is 4.17. The maximum absolute atomic E-state index is 13.5. The van der Waals surface area contributed by atoms with Crippen LogP contribution in [0.5, 0.6) is 0 Å². The van der Waals surface area contributed by atoms with E-state index in [0.29, 0.717) is 6.54 Å². The van der Waals surface area contributed by atoms with E-state index in [2.05, 4.69) is 0 Å². The van der Waals surface area contributed by atoms with Crippen LogP contribution in [0.3, 0.4) is 0 Å². The van der Waals surface area contributed by atoms with Crippen LogP contribution < -0.4 is 0 Å². The van der Waals surface area contributed by atoms with Gasteiger partial charge in [0.05, 0.1) is 5.56 Å². The topological polar surface area (TPSA) is 20.3 Å². The van der Waals surface area contributed by atoms with Gasteiger partial charge in [-0.2, -0.15) is 0 Å². The van der Waals surface area contributed by atoms with Crippen molar-refractivity contribution in [2.24, 2.45) is 0 Å². The predicted molar refractivity (Wildman–Crippen MR) is 63.0 cm³/mol. The first-order chi connectivity index (χ1) is 7.47. The maximum Gasteiger partial charge on any atom is 0.257 e. The summed E-state index contributed by atoms with van der Waals surface area (Å²) < 4.78 is 13.5. The third-order valence-electron chi connectivity index (χ3n) is 2.58. The van der Waals surface area contributed by atoms with E-state index in [1.54, 1.807) is 17.0 Å². The molecule has 1 amide bonds. The molecule has 0 saturated carbocycles. The minimum absolute atomic E-state index is 0.0809. The number of halogens is 1. The highest BCUT2D eigenvalue weighted by Crippen LogP contribution is 2.14.